The summed E-state index contributed by atoms with van der Waals surface area (Å²) in [6.45, 7) is 2.46. The van der Waals surface area contributed by atoms with Gasteiger partial charge in [0.25, 0.3) is 6.49 Å². The molecule has 0 heterocycles. The van der Waals surface area contributed by atoms with E-state index in [0.717, 1.165) is 12.8 Å². The Bertz CT molecular complexity index is 255. The van der Waals surface area contributed by atoms with Crippen molar-refractivity contribution in [1.82, 2.24) is 0 Å². The smallest absolute Gasteiger partial charge is 0.322 e. The van der Waals surface area contributed by atoms with E-state index in [1.54, 1.807) is 13.8 Å². The summed E-state index contributed by atoms with van der Waals surface area (Å²) in [5, 5.41) is 0. The van der Waals surface area contributed by atoms with Crippen LogP contribution in [0.1, 0.15) is 40.0 Å². The highest BCUT2D eigenvalue weighted by molar-refractivity contribution is 8.10. The quantitative estimate of drug-likeness (QED) is 0.423. The largest absolute Gasteiger partial charge is 0.381 e. The second-order valence-corrected chi connectivity index (χ2v) is 7.32. The Balaban J connectivity index is 4.32. The zero-order chi connectivity index (χ0) is 14.1. The van der Waals surface area contributed by atoms with Gasteiger partial charge in [-0.15, -0.1) is 0 Å². The maximum absolute atomic E-state index is 14.0. The number of unbranched alkanes of at least 4 members (excludes halogenated alkanes) is 1. The minimum absolute atomic E-state index is 0.0223. The number of halogens is 2. The average molecular weight is 304 g/mol. The first-order chi connectivity index (χ1) is 8.43. The van der Waals surface area contributed by atoms with Crippen LogP contribution in [0.3, 0.4) is 0 Å². The lowest BCUT2D eigenvalue weighted by Crippen LogP contribution is -2.22. The molecule has 7 heteroatoms. The summed E-state index contributed by atoms with van der Waals surface area (Å²) in [6, 6.07) is 0. The molecule has 0 aromatic heterocycles. The molecule has 0 N–H and O–H groups in total. The van der Waals surface area contributed by atoms with Gasteiger partial charge in [0, 0.05) is 13.0 Å². The summed E-state index contributed by atoms with van der Waals surface area (Å²) < 4.78 is 43.1. The molecule has 0 aromatic carbocycles. The number of rotatable bonds is 11. The number of ether oxygens (including phenoxy) is 1. The normalized spacial score (nSPS) is 12.9. The van der Waals surface area contributed by atoms with Crippen LogP contribution in [-0.4, -0.2) is 32.1 Å². The first-order valence-electron chi connectivity index (χ1n) is 6.28. The van der Waals surface area contributed by atoms with E-state index in [1.807, 2.05) is 6.92 Å². The molecule has 0 rings (SSSR count). The van der Waals surface area contributed by atoms with Crippen LogP contribution in [0.15, 0.2) is 0 Å². The molecular weight excluding hydrogens is 281 g/mol. The van der Waals surface area contributed by atoms with E-state index in [4.69, 9.17) is 25.6 Å². The molecule has 0 atom stereocenters. The molecule has 0 saturated heterocycles. The highest BCUT2D eigenvalue weighted by Crippen LogP contribution is 2.63. The lowest BCUT2D eigenvalue weighted by molar-refractivity contribution is 0.0150. The molecule has 0 aromatic rings. The Morgan fingerprint density at radius 3 is 2.06 bits per heavy atom. The predicted octanol–water partition coefficient (Wildman–Crippen LogP) is 4.17. The van der Waals surface area contributed by atoms with E-state index >= 15 is 0 Å². The Hall–Kier alpha value is 0.390. The molecule has 0 aliphatic rings. The topological polar surface area (TPSA) is 27.7 Å². The van der Waals surface area contributed by atoms with Crippen molar-refractivity contribution in [2.24, 2.45) is 0 Å². The molecule has 0 radical (unpaired) electrons. The zero-order valence-electron chi connectivity index (χ0n) is 11.3. The van der Waals surface area contributed by atoms with Crippen LogP contribution in [0.4, 0.5) is 8.78 Å². The van der Waals surface area contributed by atoms with Crippen molar-refractivity contribution in [3.63, 3.8) is 0 Å². The van der Waals surface area contributed by atoms with E-state index in [0.29, 0.717) is 6.61 Å². The van der Waals surface area contributed by atoms with Crippen LogP contribution in [0.2, 0.25) is 0 Å². The summed E-state index contributed by atoms with van der Waals surface area (Å²) in [5.41, 5.74) is -3.14. The van der Waals surface area contributed by atoms with Crippen molar-refractivity contribution in [1.29, 1.82) is 0 Å². The second kappa shape index (κ2) is 9.32. The third-order valence-electron chi connectivity index (χ3n) is 2.19. The van der Waals surface area contributed by atoms with E-state index in [-0.39, 0.29) is 19.8 Å². The SMILES string of the molecule is CCCCOCCC(F)(F)P(=S)(OCC)OCC. The lowest BCUT2D eigenvalue weighted by Gasteiger charge is -2.29. The fourth-order valence-electron chi connectivity index (χ4n) is 1.25. The molecular formula is C11H23F2O3PS. The van der Waals surface area contributed by atoms with Gasteiger partial charge in [0.1, 0.15) is 0 Å². The van der Waals surface area contributed by atoms with E-state index in [9.17, 15) is 8.78 Å². The Kier molecular flexibility index (Phi) is 9.52. The fraction of sp³-hybridized carbons (Fsp3) is 1.00. The van der Waals surface area contributed by atoms with Crippen LogP contribution < -0.4 is 0 Å². The van der Waals surface area contributed by atoms with Crippen molar-refractivity contribution in [3.05, 3.63) is 0 Å². The van der Waals surface area contributed by atoms with Gasteiger partial charge in [-0.2, -0.15) is 8.78 Å². The molecule has 110 valence electrons. The fourth-order valence-corrected chi connectivity index (χ4v) is 3.65. The van der Waals surface area contributed by atoms with Gasteiger partial charge in [0.15, 0.2) is 0 Å². The minimum Gasteiger partial charge on any atom is -0.381 e. The van der Waals surface area contributed by atoms with Gasteiger partial charge < -0.3 is 13.8 Å². The van der Waals surface area contributed by atoms with Gasteiger partial charge in [-0.05, 0) is 32.1 Å². The van der Waals surface area contributed by atoms with E-state index in [1.165, 1.54) is 0 Å². The van der Waals surface area contributed by atoms with Gasteiger partial charge >= 0.3 is 5.66 Å². The van der Waals surface area contributed by atoms with Crippen LogP contribution >= 0.6 is 6.49 Å². The van der Waals surface area contributed by atoms with Gasteiger partial charge in [0.05, 0.1) is 19.8 Å². The Morgan fingerprint density at radius 2 is 1.61 bits per heavy atom. The summed E-state index contributed by atoms with van der Waals surface area (Å²) in [7, 11) is 0. The molecule has 0 amide bonds. The van der Waals surface area contributed by atoms with Crippen LogP contribution in [0, 0.1) is 0 Å². The van der Waals surface area contributed by atoms with Crippen molar-refractivity contribution in [3.8, 4) is 0 Å². The summed E-state index contributed by atoms with van der Waals surface area (Å²) in [4.78, 5) is 0. The van der Waals surface area contributed by atoms with Crippen LogP contribution in [0.25, 0.3) is 0 Å². The zero-order valence-corrected chi connectivity index (χ0v) is 13.0. The maximum atomic E-state index is 14.0. The monoisotopic (exact) mass is 304 g/mol. The van der Waals surface area contributed by atoms with Crippen molar-refractivity contribution < 1.29 is 22.6 Å². The number of hydrogen-bond acceptors (Lipinski definition) is 4. The van der Waals surface area contributed by atoms with Crippen molar-refractivity contribution in [2.45, 2.75) is 45.7 Å². The Morgan fingerprint density at radius 1 is 1.06 bits per heavy atom. The molecule has 0 fully saturated rings. The Labute approximate surface area is 113 Å². The summed E-state index contributed by atoms with van der Waals surface area (Å²) in [6.07, 6.45) is 1.40. The molecule has 18 heavy (non-hydrogen) atoms. The molecule has 0 aliphatic heterocycles. The molecule has 0 unspecified atom stereocenters. The third kappa shape index (κ3) is 6.02. The maximum Gasteiger partial charge on any atom is 0.322 e. The molecule has 3 nitrogen and oxygen atoms in total. The van der Waals surface area contributed by atoms with Crippen LogP contribution in [0.5, 0.6) is 0 Å². The van der Waals surface area contributed by atoms with Crippen molar-refractivity contribution >= 4 is 18.3 Å². The second-order valence-electron chi connectivity index (χ2n) is 3.71. The lowest BCUT2D eigenvalue weighted by atomic mass is 10.4. The third-order valence-corrected chi connectivity index (χ3v) is 5.84. The molecule has 0 bridgehead atoms. The first-order valence-corrected chi connectivity index (χ1v) is 8.92. The summed E-state index contributed by atoms with van der Waals surface area (Å²) >= 11 is 4.90. The van der Waals surface area contributed by atoms with Gasteiger partial charge in [-0.3, -0.25) is 0 Å². The molecule has 0 saturated carbocycles. The average Bonchev–Trinajstić information content (AvgIpc) is 2.29. The van der Waals surface area contributed by atoms with E-state index < -0.39 is 18.6 Å². The minimum atomic E-state index is -3.56. The molecule has 0 spiro atoms. The highest BCUT2D eigenvalue weighted by atomic mass is 32.5. The van der Waals surface area contributed by atoms with Crippen LogP contribution in [-0.2, 0) is 25.6 Å². The highest BCUT2D eigenvalue weighted by Gasteiger charge is 2.48. The van der Waals surface area contributed by atoms with Gasteiger partial charge in [-0.1, -0.05) is 13.3 Å². The van der Waals surface area contributed by atoms with Gasteiger partial charge in [-0.25, -0.2) is 0 Å². The standard InChI is InChI=1S/C11H23F2O3PS/c1-4-7-9-14-10-8-11(12,13)17(18,15-5-2)16-6-3/h4-10H2,1-3H3. The van der Waals surface area contributed by atoms with Crippen molar-refractivity contribution in [2.75, 3.05) is 26.4 Å². The number of alkyl halides is 2. The van der Waals surface area contributed by atoms with Gasteiger partial charge in [0.2, 0.25) is 0 Å². The predicted molar refractivity (Wildman–Crippen MR) is 72.8 cm³/mol. The number of hydrogen-bond donors (Lipinski definition) is 0. The van der Waals surface area contributed by atoms with E-state index in [2.05, 4.69) is 0 Å². The first kappa shape index (κ1) is 18.4. The summed E-state index contributed by atoms with van der Waals surface area (Å²) in [5.74, 6) is 0. The molecule has 0 aliphatic carbocycles.